The van der Waals surface area contributed by atoms with E-state index in [9.17, 15) is 4.79 Å². The van der Waals surface area contributed by atoms with E-state index in [0.29, 0.717) is 11.8 Å². The zero-order valence-electron chi connectivity index (χ0n) is 7.21. The van der Waals surface area contributed by atoms with Crippen molar-refractivity contribution in [2.24, 2.45) is 11.8 Å². The SMILES string of the molecule is C=CC(=O)N1CC(C)C(C)C1. The molecular formula is C9H15NO. The van der Waals surface area contributed by atoms with Crippen molar-refractivity contribution in [2.45, 2.75) is 13.8 Å². The lowest BCUT2D eigenvalue weighted by Crippen LogP contribution is -2.26. The molecule has 2 heteroatoms. The Hall–Kier alpha value is -0.790. The molecule has 0 aromatic rings. The fourth-order valence-electron chi connectivity index (χ4n) is 1.44. The lowest BCUT2D eigenvalue weighted by atomic mass is 10.0. The molecule has 2 unspecified atom stereocenters. The highest BCUT2D eigenvalue weighted by Gasteiger charge is 2.27. The summed E-state index contributed by atoms with van der Waals surface area (Å²) in [5, 5.41) is 0. The van der Waals surface area contributed by atoms with Crippen LogP contribution in [0.4, 0.5) is 0 Å². The van der Waals surface area contributed by atoms with Crippen molar-refractivity contribution < 1.29 is 4.79 Å². The molecule has 0 N–H and O–H groups in total. The Morgan fingerprint density at radius 1 is 1.45 bits per heavy atom. The van der Waals surface area contributed by atoms with E-state index in [1.807, 2.05) is 4.90 Å². The molecule has 0 aromatic carbocycles. The Labute approximate surface area is 67.9 Å². The first-order valence-corrected chi connectivity index (χ1v) is 4.06. The number of hydrogen-bond donors (Lipinski definition) is 0. The van der Waals surface area contributed by atoms with Gasteiger partial charge in [0.15, 0.2) is 0 Å². The van der Waals surface area contributed by atoms with Crippen molar-refractivity contribution in [3.8, 4) is 0 Å². The summed E-state index contributed by atoms with van der Waals surface area (Å²) >= 11 is 0. The van der Waals surface area contributed by atoms with E-state index >= 15 is 0 Å². The van der Waals surface area contributed by atoms with Crippen LogP contribution in [0.5, 0.6) is 0 Å². The summed E-state index contributed by atoms with van der Waals surface area (Å²) in [5.74, 6) is 1.35. The molecule has 1 aliphatic heterocycles. The Bertz CT molecular complexity index is 166. The van der Waals surface area contributed by atoms with Crippen LogP contribution in [0, 0.1) is 11.8 Å². The predicted molar refractivity (Wildman–Crippen MR) is 45.1 cm³/mol. The molecule has 2 atom stereocenters. The van der Waals surface area contributed by atoms with Crippen molar-refractivity contribution in [3.63, 3.8) is 0 Å². The Balaban J connectivity index is 2.53. The smallest absolute Gasteiger partial charge is 0.245 e. The largest absolute Gasteiger partial charge is 0.339 e. The predicted octanol–water partition coefficient (Wildman–Crippen LogP) is 1.29. The minimum absolute atomic E-state index is 0.0706. The van der Waals surface area contributed by atoms with E-state index in [-0.39, 0.29) is 5.91 Å². The van der Waals surface area contributed by atoms with Crippen LogP contribution in [0.25, 0.3) is 0 Å². The van der Waals surface area contributed by atoms with Crippen molar-refractivity contribution in [2.75, 3.05) is 13.1 Å². The number of likely N-dealkylation sites (tertiary alicyclic amines) is 1. The molecule has 0 saturated carbocycles. The highest BCUT2D eigenvalue weighted by atomic mass is 16.2. The van der Waals surface area contributed by atoms with E-state index in [1.165, 1.54) is 6.08 Å². The monoisotopic (exact) mass is 153 g/mol. The van der Waals surface area contributed by atoms with Crippen molar-refractivity contribution in [1.29, 1.82) is 0 Å². The molecule has 1 saturated heterocycles. The van der Waals surface area contributed by atoms with Crippen LogP contribution in [0.15, 0.2) is 12.7 Å². The van der Waals surface area contributed by atoms with Gasteiger partial charge in [0.2, 0.25) is 5.91 Å². The summed E-state index contributed by atoms with van der Waals surface area (Å²) in [5.41, 5.74) is 0. The van der Waals surface area contributed by atoms with Gasteiger partial charge in [0.05, 0.1) is 0 Å². The first kappa shape index (κ1) is 8.31. The number of rotatable bonds is 1. The number of carbonyl (C=O) groups excluding carboxylic acids is 1. The first-order valence-electron chi connectivity index (χ1n) is 4.06. The van der Waals surface area contributed by atoms with Crippen molar-refractivity contribution in [1.82, 2.24) is 4.90 Å². The van der Waals surface area contributed by atoms with E-state index in [0.717, 1.165) is 13.1 Å². The van der Waals surface area contributed by atoms with Gasteiger partial charge in [0.25, 0.3) is 0 Å². The van der Waals surface area contributed by atoms with Crippen LogP contribution < -0.4 is 0 Å². The van der Waals surface area contributed by atoms with E-state index in [1.54, 1.807) is 0 Å². The third kappa shape index (κ3) is 1.62. The standard InChI is InChI=1S/C9H15NO/c1-4-9(11)10-5-7(2)8(3)6-10/h4,7-8H,1,5-6H2,2-3H3. The van der Waals surface area contributed by atoms with Gasteiger partial charge in [-0.05, 0) is 17.9 Å². The third-order valence-corrected chi connectivity index (χ3v) is 2.47. The minimum Gasteiger partial charge on any atom is -0.339 e. The zero-order valence-corrected chi connectivity index (χ0v) is 7.21. The normalized spacial score (nSPS) is 30.5. The average molecular weight is 153 g/mol. The van der Waals surface area contributed by atoms with Gasteiger partial charge in [-0.2, -0.15) is 0 Å². The molecule has 11 heavy (non-hydrogen) atoms. The van der Waals surface area contributed by atoms with Crippen LogP contribution in [0.2, 0.25) is 0 Å². The zero-order chi connectivity index (χ0) is 8.43. The van der Waals surface area contributed by atoms with Crippen LogP contribution in [0.1, 0.15) is 13.8 Å². The van der Waals surface area contributed by atoms with E-state index in [2.05, 4.69) is 20.4 Å². The minimum atomic E-state index is 0.0706. The van der Waals surface area contributed by atoms with Gasteiger partial charge in [-0.3, -0.25) is 4.79 Å². The topological polar surface area (TPSA) is 20.3 Å². The lowest BCUT2D eigenvalue weighted by Gasteiger charge is -2.12. The molecule has 0 radical (unpaired) electrons. The second-order valence-electron chi connectivity index (χ2n) is 3.40. The molecule has 1 fully saturated rings. The summed E-state index contributed by atoms with van der Waals surface area (Å²) in [6.45, 7) is 9.62. The fourth-order valence-corrected chi connectivity index (χ4v) is 1.44. The maximum absolute atomic E-state index is 11.1. The first-order chi connectivity index (χ1) is 5.15. The summed E-state index contributed by atoms with van der Waals surface area (Å²) in [6.07, 6.45) is 1.39. The van der Waals surface area contributed by atoms with Gasteiger partial charge >= 0.3 is 0 Å². The van der Waals surface area contributed by atoms with Crippen molar-refractivity contribution >= 4 is 5.91 Å². The number of nitrogens with zero attached hydrogens (tertiary/aromatic N) is 1. The van der Waals surface area contributed by atoms with E-state index < -0.39 is 0 Å². The highest BCUT2D eigenvalue weighted by Crippen LogP contribution is 2.21. The van der Waals surface area contributed by atoms with Gasteiger partial charge in [-0.15, -0.1) is 0 Å². The van der Waals surface area contributed by atoms with Gasteiger partial charge in [-0.25, -0.2) is 0 Å². The Kier molecular flexibility index (Phi) is 2.32. The van der Waals surface area contributed by atoms with Gasteiger partial charge < -0.3 is 4.90 Å². The summed E-state index contributed by atoms with van der Waals surface area (Å²) in [7, 11) is 0. The molecule has 1 heterocycles. The molecular weight excluding hydrogens is 138 g/mol. The summed E-state index contributed by atoms with van der Waals surface area (Å²) in [6, 6.07) is 0. The maximum atomic E-state index is 11.1. The van der Waals surface area contributed by atoms with Crippen LogP contribution in [0.3, 0.4) is 0 Å². The second-order valence-corrected chi connectivity index (χ2v) is 3.40. The maximum Gasteiger partial charge on any atom is 0.245 e. The fraction of sp³-hybridized carbons (Fsp3) is 0.667. The van der Waals surface area contributed by atoms with Crippen LogP contribution >= 0.6 is 0 Å². The number of carbonyl (C=O) groups is 1. The van der Waals surface area contributed by atoms with Gasteiger partial charge in [0.1, 0.15) is 0 Å². The molecule has 0 bridgehead atoms. The quantitative estimate of drug-likeness (QED) is 0.520. The lowest BCUT2D eigenvalue weighted by molar-refractivity contribution is -0.125. The second kappa shape index (κ2) is 3.07. The molecule has 62 valence electrons. The van der Waals surface area contributed by atoms with Crippen LogP contribution in [-0.4, -0.2) is 23.9 Å². The molecule has 1 aliphatic rings. The Morgan fingerprint density at radius 3 is 2.27 bits per heavy atom. The number of amides is 1. The summed E-state index contributed by atoms with van der Waals surface area (Å²) in [4.78, 5) is 13.0. The average Bonchev–Trinajstić information content (AvgIpc) is 2.31. The van der Waals surface area contributed by atoms with Gasteiger partial charge in [-0.1, -0.05) is 20.4 Å². The molecule has 0 aliphatic carbocycles. The molecule has 1 rings (SSSR count). The molecule has 0 aromatic heterocycles. The highest BCUT2D eigenvalue weighted by molar-refractivity contribution is 5.87. The van der Waals surface area contributed by atoms with Crippen LogP contribution in [-0.2, 0) is 4.79 Å². The van der Waals surface area contributed by atoms with Gasteiger partial charge in [0, 0.05) is 13.1 Å². The van der Waals surface area contributed by atoms with Crippen molar-refractivity contribution in [3.05, 3.63) is 12.7 Å². The summed E-state index contributed by atoms with van der Waals surface area (Å²) < 4.78 is 0. The third-order valence-electron chi connectivity index (χ3n) is 2.47. The molecule has 0 spiro atoms. The van der Waals surface area contributed by atoms with E-state index in [4.69, 9.17) is 0 Å². The molecule has 2 nitrogen and oxygen atoms in total. The Morgan fingerprint density at radius 2 is 1.91 bits per heavy atom. The number of hydrogen-bond acceptors (Lipinski definition) is 1. The molecule has 1 amide bonds.